The molecular formula is C10H15Cl2N3O. The Labute approximate surface area is 105 Å². The molecule has 1 aromatic rings. The molecule has 6 heteroatoms. The molecule has 90 valence electrons. The highest BCUT2D eigenvalue weighted by molar-refractivity contribution is 6.33. The van der Waals surface area contributed by atoms with Gasteiger partial charge in [-0.25, -0.2) is 0 Å². The summed E-state index contributed by atoms with van der Waals surface area (Å²) in [6.45, 7) is 7.22. The number of hydrogen-bond donors (Lipinski definition) is 1. The van der Waals surface area contributed by atoms with E-state index in [0.717, 1.165) is 0 Å². The highest BCUT2D eigenvalue weighted by Gasteiger charge is 2.18. The van der Waals surface area contributed by atoms with Gasteiger partial charge in [-0.05, 0) is 20.8 Å². The van der Waals surface area contributed by atoms with Gasteiger partial charge in [-0.3, -0.25) is 0 Å². The van der Waals surface area contributed by atoms with Crippen molar-refractivity contribution in [1.29, 1.82) is 0 Å². The summed E-state index contributed by atoms with van der Waals surface area (Å²) in [5, 5.41) is 11.1. The number of anilines is 1. The molecule has 0 spiro atoms. The molecule has 4 nitrogen and oxygen atoms in total. The molecule has 0 bridgehead atoms. The average Bonchev–Trinajstić information content (AvgIpc) is 2.19. The van der Waals surface area contributed by atoms with Gasteiger partial charge in [0.1, 0.15) is 0 Å². The zero-order chi connectivity index (χ0) is 12.2. The quantitative estimate of drug-likeness (QED) is 0.888. The molecule has 1 N–H and O–H groups in total. The number of nitrogens with one attached hydrogen (secondary N) is 1. The normalized spacial score (nSPS) is 11.6. The van der Waals surface area contributed by atoms with E-state index in [1.807, 2.05) is 20.8 Å². The molecule has 0 atom stereocenters. The fraction of sp³-hybridized carbons (Fsp3) is 0.600. The highest BCUT2D eigenvalue weighted by atomic mass is 35.5. The summed E-state index contributed by atoms with van der Waals surface area (Å²) in [6.07, 6.45) is 0. The Kier molecular flexibility index (Phi) is 4.77. The minimum absolute atomic E-state index is 0.270. The van der Waals surface area contributed by atoms with Gasteiger partial charge in [0.2, 0.25) is 0 Å². The van der Waals surface area contributed by atoms with Crippen molar-refractivity contribution in [3.05, 3.63) is 16.4 Å². The topological polar surface area (TPSA) is 47.0 Å². The smallest absolute Gasteiger partial charge is 0.174 e. The average molecular weight is 264 g/mol. The van der Waals surface area contributed by atoms with Crippen LogP contribution < -0.4 is 5.32 Å². The van der Waals surface area contributed by atoms with Gasteiger partial charge < -0.3 is 10.1 Å². The third-order valence-electron chi connectivity index (χ3n) is 1.96. The predicted octanol–water partition coefficient (Wildman–Crippen LogP) is 3.01. The summed E-state index contributed by atoms with van der Waals surface area (Å²) < 4.78 is 5.55. The van der Waals surface area contributed by atoms with Crippen molar-refractivity contribution in [2.45, 2.75) is 26.4 Å². The fourth-order valence-corrected chi connectivity index (χ4v) is 1.53. The SMILES string of the molecule is CCOC(C)(C)CNc1cc(Cl)nnc1Cl. The Morgan fingerprint density at radius 1 is 1.38 bits per heavy atom. The van der Waals surface area contributed by atoms with Crippen molar-refractivity contribution in [1.82, 2.24) is 10.2 Å². The minimum atomic E-state index is -0.270. The highest BCUT2D eigenvalue weighted by Crippen LogP contribution is 2.22. The second-order valence-electron chi connectivity index (χ2n) is 3.92. The van der Waals surface area contributed by atoms with Crippen molar-refractivity contribution in [2.24, 2.45) is 0 Å². The van der Waals surface area contributed by atoms with Crippen molar-refractivity contribution in [2.75, 3.05) is 18.5 Å². The van der Waals surface area contributed by atoms with E-state index in [-0.39, 0.29) is 5.60 Å². The van der Waals surface area contributed by atoms with E-state index < -0.39 is 0 Å². The number of hydrogen-bond acceptors (Lipinski definition) is 4. The largest absolute Gasteiger partial charge is 0.380 e. The lowest BCUT2D eigenvalue weighted by molar-refractivity contribution is 0.000696. The first kappa shape index (κ1) is 13.5. The first-order valence-corrected chi connectivity index (χ1v) is 5.77. The Bertz CT molecular complexity index is 358. The molecule has 0 radical (unpaired) electrons. The Morgan fingerprint density at radius 2 is 2.06 bits per heavy atom. The van der Waals surface area contributed by atoms with Crippen LogP contribution in [0.25, 0.3) is 0 Å². The van der Waals surface area contributed by atoms with E-state index in [0.29, 0.717) is 29.1 Å². The molecule has 0 saturated heterocycles. The van der Waals surface area contributed by atoms with E-state index in [2.05, 4.69) is 15.5 Å². The zero-order valence-corrected chi connectivity index (χ0v) is 11.1. The first-order valence-electron chi connectivity index (χ1n) is 5.01. The lowest BCUT2D eigenvalue weighted by atomic mass is 10.1. The maximum atomic E-state index is 5.87. The van der Waals surface area contributed by atoms with Gasteiger partial charge in [-0.15, -0.1) is 10.2 Å². The Balaban J connectivity index is 2.63. The van der Waals surface area contributed by atoms with E-state index in [1.165, 1.54) is 0 Å². The summed E-state index contributed by atoms with van der Waals surface area (Å²) in [6, 6.07) is 1.64. The summed E-state index contributed by atoms with van der Waals surface area (Å²) in [5.74, 6) is 0. The van der Waals surface area contributed by atoms with E-state index in [4.69, 9.17) is 27.9 Å². The third kappa shape index (κ3) is 4.12. The molecule has 16 heavy (non-hydrogen) atoms. The first-order chi connectivity index (χ1) is 7.44. The van der Waals surface area contributed by atoms with Crippen LogP contribution in [0.3, 0.4) is 0 Å². The van der Waals surface area contributed by atoms with Crippen molar-refractivity contribution in [3.8, 4) is 0 Å². The van der Waals surface area contributed by atoms with Crippen LogP contribution in [-0.4, -0.2) is 29.0 Å². The number of ether oxygens (including phenoxy) is 1. The second-order valence-corrected chi connectivity index (χ2v) is 4.66. The van der Waals surface area contributed by atoms with Crippen LogP contribution in [0.5, 0.6) is 0 Å². The molecule has 0 amide bonds. The van der Waals surface area contributed by atoms with Crippen LogP contribution in [0.2, 0.25) is 10.3 Å². The maximum absolute atomic E-state index is 5.87. The number of nitrogens with zero attached hydrogens (tertiary/aromatic N) is 2. The summed E-state index contributed by atoms with van der Waals surface area (Å²) >= 11 is 11.6. The van der Waals surface area contributed by atoms with Gasteiger partial charge >= 0.3 is 0 Å². The predicted molar refractivity (Wildman–Crippen MR) is 66.2 cm³/mol. The van der Waals surface area contributed by atoms with Gasteiger partial charge in [0, 0.05) is 19.2 Å². The van der Waals surface area contributed by atoms with Crippen LogP contribution in [0.1, 0.15) is 20.8 Å². The molecule has 0 aliphatic rings. The third-order valence-corrected chi connectivity index (χ3v) is 2.42. The molecule has 1 rings (SSSR count). The minimum Gasteiger partial charge on any atom is -0.380 e. The summed E-state index contributed by atoms with van der Waals surface area (Å²) in [5.41, 5.74) is 0.392. The molecular weight excluding hydrogens is 249 g/mol. The number of rotatable bonds is 5. The van der Waals surface area contributed by atoms with Gasteiger partial charge in [0.25, 0.3) is 0 Å². The van der Waals surface area contributed by atoms with E-state index in [9.17, 15) is 0 Å². The molecule has 0 saturated carbocycles. The molecule has 0 fully saturated rings. The maximum Gasteiger partial charge on any atom is 0.174 e. The van der Waals surface area contributed by atoms with Crippen LogP contribution in [0.15, 0.2) is 6.07 Å². The molecule has 0 aromatic carbocycles. The van der Waals surface area contributed by atoms with Gasteiger partial charge in [-0.2, -0.15) is 0 Å². The van der Waals surface area contributed by atoms with Crippen molar-refractivity contribution in [3.63, 3.8) is 0 Å². The Morgan fingerprint density at radius 3 is 2.69 bits per heavy atom. The van der Waals surface area contributed by atoms with Gasteiger partial charge in [-0.1, -0.05) is 23.2 Å². The van der Waals surface area contributed by atoms with Crippen LogP contribution in [-0.2, 0) is 4.74 Å². The second kappa shape index (κ2) is 5.66. The summed E-state index contributed by atoms with van der Waals surface area (Å²) in [7, 11) is 0. The van der Waals surface area contributed by atoms with E-state index >= 15 is 0 Å². The van der Waals surface area contributed by atoms with Crippen LogP contribution in [0, 0.1) is 0 Å². The van der Waals surface area contributed by atoms with Gasteiger partial charge in [0.15, 0.2) is 10.3 Å². The lowest BCUT2D eigenvalue weighted by Crippen LogP contribution is -2.33. The monoisotopic (exact) mass is 263 g/mol. The fourth-order valence-electron chi connectivity index (χ4n) is 1.23. The molecule has 1 aromatic heterocycles. The van der Waals surface area contributed by atoms with Crippen LogP contribution in [0.4, 0.5) is 5.69 Å². The van der Waals surface area contributed by atoms with Crippen LogP contribution >= 0.6 is 23.2 Å². The molecule has 1 heterocycles. The van der Waals surface area contributed by atoms with E-state index in [1.54, 1.807) is 6.07 Å². The molecule has 0 aliphatic heterocycles. The Hall–Kier alpha value is -0.580. The number of halogens is 2. The molecule has 0 aliphatic carbocycles. The molecule has 0 unspecified atom stereocenters. The van der Waals surface area contributed by atoms with Crippen molar-refractivity contribution >= 4 is 28.9 Å². The van der Waals surface area contributed by atoms with Crippen molar-refractivity contribution < 1.29 is 4.74 Å². The van der Waals surface area contributed by atoms with Gasteiger partial charge in [0.05, 0.1) is 11.3 Å². The summed E-state index contributed by atoms with van der Waals surface area (Å²) in [4.78, 5) is 0. The lowest BCUT2D eigenvalue weighted by Gasteiger charge is -2.25. The number of aromatic nitrogens is 2. The zero-order valence-electron chi connectivity index (χ0n) is 9.55. The standard InChI is InChI=1S/C10H15Cl2N3O/c1-4-16-10(2,3)6-13-7-5-8(11)14-15-9(7)12/h5H,4,6H2,1-3H3,(H,13,14).